The molecule has 63 heavy (non-hydrogen) atoms. The van der Waals surface area contributed by atoms with Crippen LogP contribution in [0.5, 0.6) is 0 Å². The van der Waals surface area contributed by atoms with Gasteiger partial charge in [-0.05, 0) is 83.9 Å². The summed E-state index contributed by atoms with van der Waals surface area (Å²) in [4.78, 5) is 10.8. The molecule has 1 aliphatic rings. The summed E-state index contributed by atoms with van der Waals surface area (Å²) in [5.74, 6) is 1.58. The molecular formula is C57H38N5O+. The third-order valence-electron chi connectivity index (χ3n) is 12.7. The monoisotopic (exact) mass is 808 g/mol. The fourth-order valence-electron chi connectivity index (χ4n) is 9.86. The SMILES string of the molecule is c1ccc(C2=NC(c3cccc(-n4c5ccccc5c5ccc6c7ccccc7n(-c7ccccc7)c6c54)c3)=NC(c3ccc4oc5cccc(-c6ccccc6)c5c4c3)[NH2+]2)cc1. The zero-order valence-corrected chi connectivity index (χ0v) is 34.1. The predicted octanol–water partition coefficient (Wildman–Crippen LogP) is 12.9. The van der Waals surface area contributed by atoms with Crippen LogP contribution in [0.15, 0.2) is 227 Å². The van der Waals surface area contributed by atoms with E-state index in [1.54, 1.807) is 0 Å². The second-order valence-corrected chi connectivity index (χ2v) is 16.3. The molecule has 0 spiro atoms. The molecule has 0 saturated carbocycles. The number of aliphatic imine (C=N–C) groups is 2. The van der Waals surface area contributed by atoms with Gasteiger partial charge in [0.25, 0.3) is 0 Å². The number of rotatable bonds is 6. The van der Waals surface area contributed by atoms with E-state index in [9.17, 15) is 0 Å². The van der Waals surface area contributed by atoms with E-state index in [1.165, 1.54) is 32.6 Å². The summed E-state index contributed by atoms with van der Waals surface area (Å²) in [5.41, 5.74) is 13.9. The first kappa shape index (κ1) is 35.4. The van der Waals surface area contributed by atoms with E-state index >= 15 is 0 Å². The molecule has 0 radical (unpaired) electrons. The molecule has 296 valence electrons. The van der Waals surface area contributed by atoms with Crippen LogP contribution in [0.3, 0.4) is 0 Å². The van der Waals surface area contributed by atoms with Crippen molar-refractivity contribution in [2.75, 3.05) is 0 Å². The van der Waals surface area contributed by atoms with Crippen LogP contribution in [0.1, 0.15) is 22.9 Å². The molecule has 0 saturated heterocycles. The lowest BCUT2D eigenvalue weighted by atomic mass is 9.98. The maximum absolute atomic E-state index is 6.45. The number of benzene rings is 9. The number of aromatic nitrogens is 2. The van der Waals surface area contributed by atoms with Gasteiger partial charge in [0.2, 0.25) is 12.0 Å². The Kier molecular flexibility index (Phi) is 7.95. The Morgan fingerprint density at radius 2 is 1.02 bits per heavy atom. The molecule has 12 aromatic rings. The third kappa shape index (κ3) is 5.62. The van der Waals surface area contributed by atoms with Crippen molar-refractivity contribution in [3.05, 3.63) is 229 Å². The second-order valence-electron chi connectivity index (χ2n) is 16.3. The van der Waals surface area contributed by atoms with Crippen LogP contribution in [0.4, 0.5) is 0 Å². The van der Waals surface area contributed by atoms with E-state index in [1.807, 2.05) is 6.07 Å². The molecule has 13 rings (SSSR count). The maximum Gasteiger partial charge on any atom is 0.235 e. The van der Waals surface area contributed by atoms with Crippen LogP contribution in [0.2, 0.25) is 0 Å². The van der Waals surface area contributed by atoms with Gasteiger partial charge in [0.15, 0.2) is 5.84 Å². The summed E-state index contributed by atoms with van der Waals surface area (Å²) >= 11 is 0. The lowest BCUT2D eigenvalue weighted by Gasteiger charge is -2.19. The van der Waals surface area contributed by atoms with Crippen molar-refractivity contribution in [3.63, 3.8) is 0 Å². The summed E-state index contributed by atoms with van der Waals surface area (Å²) in [7, 11) is 0. The highest BCUT2D eigenvalue weighted by Crippen LogP contribution is 2.42. The number of hydrogen-bond acceptors (Lipinski definition) is 3. The van der Waals surface area contributed by atoms with Crippen LogP contribution in [0.25, 0.3) is 88.1 Å². The number of furan rings is 1. The Balaban J connectivity index is 1.01. The van der Waals surface area contributed by atoms with Crippen molar-refractivity contribution >= 4 is 77.2 Å². The minimum atomic E-state index is -0.288. The first-order chi connectivity index (χ1) is 31.2. The zero-order chi connectivity index (χ0) is 41.4. The number of fused-ring (bicyclic) bond motifs is 10. The predicted molar refractivity (Wildman–Crippen MR) is 258 cm³/mol. The van der Waals surface area contributed by atoms with E-state index in [0.717, 1.165) is 78.0 Å². The molecule has 4 heterocycles. The minimum absolute atomic E-state index is 0.288. The lowest BCUT2D eigenvalue weighted by Crippen LogP contribution is -2.90. The van der Waals surface area contributed by atoms with Gasteiger partial charge < -0.3 is 13.6 Å². The van der Waals surface area contributed by atoms with Crippen LogP contribution in [-0.2, 0) is 0 Å². The Morgan fingerprint density at radius 3 is 1.73 bits per heavy atom. The van der Waals surface area contributed by atoms with Crippen molar-refractivity contribution < 1.29 is 9.73 Å². The summed E-state index contributed by atoms with van der Waals surface area (Å²) in [6, 6.07) is 75.3. The second kappa shape index (κ2) is 14.1. The molecule has 0 fully saturated rings. The van der Waals surface area contributed by atoms with Crippen molar-refractivity contribution in [2.24, 2.45) is 9.98 Å². The van der Waals surface area contributed by atoms with Gasteiger partial charge in [0.1, 0.15) is 11.2 Å². The topological polar surface area (TPSA) is 64.3 Å². The van der Waals surface area contributed by atoms with Gasteiger partial charge in [0, 0.05) is 54.8 Å². The quantitative estimate of drug-likeness (QED) is 0.179. The highest BCUT2D eigenvalue weighted by molar-refractivity contribution is 6.24. The average Bonchev–Trinajstić information content (AvgIpc) is 4.02. The van der Waals surface area contributed by atoms with Gasteiger partial charge in [-0.25, -0.2) is 4.99 Å². The van der Waals surface area contributed by atoms with Gasteiger partial charge in [-0.2, -0.15) is 4.99 Å². The van der Waals surface area contributed by atoms with Crippen LogP contribution >= 0.6 is 0 Å². The number of hydrogen-bond donors (Lipinski definition) is 1. The molecular weight excluding hydrogens is 771 g/mol. The maximum atomic E-state index is 6.45. The Morgan fingerprint density at radius 1 is 0.429 bits per heavy atom. The zero-order valence-electron chi connectivity index (χ0n) is 34.1. The first-order valence-electron chi connectivity index (χ1n) is 21.4. The van der Waals surface area contributed by atoms with E-state index in [4.69, 9.17) is 14.4 Å². The number of nitrogens with two attached hydrogens (primary N) is 1. The fourth-order valence-corrected chi connectivity index (χ4v) is 9.86. The summed E-state index contributed by atoms with van der Waals surface area (Å²) in [6.45, 7) is 0. The van der Waals surface area contributed by atoms with Crippen molar-refractivity contribution in [2.45, 2.75) is 6.17 Å². The number of nitrogens with zero attached hydrogens (tertiary/aromatic N) is 4. The van der Waals surface area contributed by atoms with E-state index in [-0.39, 0.29) is 6.17 Å². The molecule has 2 N–H and O–H groups in total. The van der Waals surface area contributed by atoms with Crippen molar-refractivity contribution in [1.82, 2.24) is 9.13 Å². The van der Waals surface area contributed by atoms with Crippen molar-refractivity contribution in [1.29, 1.82) is 0 Å². The van der Waals surface area contributed by atoms with Gasteiger partial charge in [-0.1, -0.05) is 140 Å². The highest BCUT2D eigenvalue weighted by Gasteiger charge is 2.28. The Hall–Kier alpha value is -8.32. The average molecular weight is 809 g/mol. The molecule has 1 aliphatic heterocycles. The number of quaternary nitrogens is 1. The van der Waals surface area contributed by atoms with Crippen molar-refractivity contribution in [3.8, 4) is 22.5 Å². The normalized spacial score (nSPS) is 14.3. The smallest absolute Gasteiger partial charge is 0.235 e. The lowest BCUT2D eigenvalue weighted by molar-refractivity contribution is -0.586. The Labute approximate surface area is 362 Å². The molecule has 3 aromatic heterocycles. The van der Waals surface area contributed by atoms with E-state index < -0.39 is 0 Å². The standard InChI is InChI=1S/C57H37N5O/c1-4-16-36(17-5-1)42-26-15-29-51-52(42)47-35-39(30-33-50(47)63-51)57-59-55(37-18-6-2-7-19-37)58-56(60-57)38-20-14-23-41(34-38)62-49-28-13-11-25-44(49)46-32-31-45-43-24-10-12-27-48(43)61(53(45)54(46)62)40-21-8-3-9-22-40/h1-35,57H,(H,58,59,60)/p+1. The molecule has 0 amide bonds. The molecule has 9 aromatic carbocycles. The summed E-state index contributed by atoms with van der Waals surface area (Å²) in [6.07, 6.45) is -0.288. The molecule has 1 unspecified atom stereocenters. The molecule has 0 aliphatic carbocycles. The molecule has 6 heteroatoms. The van der Waals surface area contributed by atoms with Crippen LogP contribution in [0, 0.1) is 0 Å². The summed E-state index contributed by atoms with van der Waals surface area (Å²) in [5, 5.41) is 9.22. The molecule has 0 bridgehead atoms. The van der Waals surface area contributed by atoms with Crippen LogP contribution < -0.4 is 5.32 Å². The van der Waals surface area contributed by atoms with E-state index in [0.29, 0.717) is 5.84 Å². The van der Waals surface area contributed by atoms with Crippen LogP contribution in [-0.4, -0.2) is 20.8 Å². The molecule has 1 atom stereocenters. The number of para-hydroxylation sites is 3. The minimum Gasteiger partial charge on any atom is -0.456 e. The Bertz CT molecular complexity index is 3820. The number of amidine groups is 2. The largest absolute Gasteiger partial charge is 0.456 e. The first-order valence-corrected chi connectivity index (χ1v) is 21.4. The van der Waals surface area contributed by atoms with Gasteiger partial charge in [-0.15, -0.1) is 0 Å². The van der Waals surface area contributed by atoms with Gasteiger partial charge in [0.05, 0.1) is 27.6 Å². The highest BCUT2D eigenvalue weighted by atomic mass is 16.3. The van der Waals surface area contributed by atoms with E-state index in [2.05, 4.69) is 221 Å². The summed E-state index contributed by atoms with van der Waals surface area (Å²) < 4.78 is 11.3. The third-order valence-corrected chi connectivity index (χ3v) is 12.7. The fraction of sp³-hybridized carbons (Fsp3) is 0.0175. The van der Waals surface area contributed by atoms with Gasteiger partial charge >= 0.3 is 0 Å². The molecule has 6 nitrogen and oxygen atoms in total. The van der Waals surface area contributed by atoms with Gasteiger partial charge in [-0.3, -0.25) is 5.32 Å².